The van der Waals surface area contributed by atoms with Crippen LogP contribution in [-0.4, -0.2) is 202 Å². The number of ether oxygens (including phenoxy) is 6. The average Bonchev–Trinajstić information content (AvgIpc) is 1.32. The predicted octanol–water partition coefficient (Wildman–Crippen LogP) is 16.4. The van der Waals surface area contributed by atoms with Crippen LogP contribution in [0.4, 0.5) is 17.1 Å². The predicted molar refractivity (Wildman–Crippen MR) is 447 cm³/mol. The molecule has 4 aromatic heterocycles. The van der Waals surface area contributed by atoms with E-state index in [0.29, 0.717) is 31.7 Å². The molecule has 0 unspecified atom stereocenters. The Morgan fingerprint density at radius 2 is 0.844 bits per heavy atom. The first-order chi connectivity index (χ1) is 53.3. The van der Waals surface area contributed by atoms with Crippen LogP contribution in [0.3, 0.4) is 0 Å². The number of hydrogen-bond acceptors (Lipinski definition) is 19. The average molecular weight is 1490 g/mol. The quantitative estimate of drug-likeness (QED) is 0.0377. The van der Waals surface area contributed by atoms with E-state index >= 15 is 0 Å². The molecule has 0 amide bonds. The number of methoxy groups -OCH3 is 3. The highest BCUT2D eigenvalue weighted by Gasteiger charge is 2.32. The number of furan rings is 1. The molecule has 7 fully saturated rings. The van der Waals surface area contributed by atoms with Crippen molar-refractivity contribution in [2.45, 2.75) is 161 Å². The number of piperidine rings is 3. The summed E-state index contributed by atoms with van der Waals surface area (Å²) < 4.78 is 42.2. The van der Waals surface area contributed by atoms with E-state index in [1.54, 1.807) is 21.3 Å². The molecular weight excluding hydrogens is 1360 g/mol. The summed E-state index contributed by atoms with van der Waals surface area (Å²) in [7, 11) is 9.31. The fraction of sp³-hybridized carbons (Fsp3) is 0.589. The number of anilines is 3. The Hall–Kier alpha value is -7.65. The maximum Gasteiger partial charge on any atom is 0.163 e. The van der Waals surface area contributed by atoms with Crippen LogP contribution in [0.5, 0.6) is 34.5 Å². The third kappa shape index (κ3) is 20.9. The molecule has 6 aliphatic heterocycles. The second-order valence-corrected chi connectivity index (χ2v) is 32.6. The number of aryl methyl sites for hydroxylation is 1. The lowest BCUT2D eigenvalue weighted by Crippen LogP contribution is -2.47. The van der Waals surface area contributed by atoms with Crippen LogP contribution < -0.4 is 59.5 Å². The van der Waals surface area contributed by atoms with Gasteiger partial charge in [0.1, 0.15) is 11.5 Å². The molecule has 15 rings (SSSR count). The van der Waals surface area contributed by atoms with Gasteiger partial charge in [-0.05, 0) is 263 Å². The van der Waals surface area contributed by atoms with Crippen LogP contribution in [0.1, 0.15) is 160 Å². The molecule has 590 valence electrons. The second kappa shape index (κ2) is 39.0. The Morgan fingerprint density at radius 1 is 0.440 bits per heavy atom. The Balaban J connectivity index is 0.000000144. The Labute approximate surface area is 650 Å². The van der Waals surface area contributed by atoms with Crippen LogP contribution in [-0.2, 0) is 0 Å². The van der Waals surface area contributed by atoms with E-state index in [1.807, 2.05) is 32.2 Å². The zero-order valence-electron chi connectivity index (χ0n) is 67.3. The van der Waals surface area contributed by atoms with Gasteiger partial charge >= 0.3 is 0 Å². The molecule has 0 radical (unpaired) electrons. The first-order valence-electron chi connectivity index (χ1n) is 41.9. The van der Waals surface area contributed by atoms with Crippen molar-refractivity contribution < 1.29 is 32.8 Å². The number of rotatable bonds is 29. The number of fused-ring (bicyclic) bond motifs is 3. The highest BCUT2D eigenvalue weighted by molar-refractivity contribution is 5.98. The summed E-state index contributed by atoms with van der Waals surface area (Å²) in [6.07, 6.45) is 24.5. The fourth-order valence-corrected chi connectivity index (χ4v) is 18.0. The van der Waals surface area contributed by atoms with Gasteiger partial charge in [0.2, 0.25) is 0 Å². The van der Waals surface area contributed by atoms with E-state index in [1.165, 1.54) is 158 Å². The van der Waals surface area contributed by atoms with Crippen LogP contribution in [0.2, 0.25) is 0 Å². The number of nitrogens with two attached hydrogens (primary N) is 1. The molecule has 4 aromatic carbocycles. The van der Waals surface area contributed by atoms with Gasteiger partial charge in [0, 0.05) is 133 Å². The minimum absolute atomic E-state index is 0.159. The Kier molecular flexibility index (Phi) is 28.4. The molecule has 1 aliphatic carbocycles. The number of aromatic nitrogens is 3. The fourth-order valence-electron chi connectivity index (χ4n) is 18.0. The molecule has 1 saturated carbocycles. The monoisotopic (exact) mass is 1490 g/mol. The molecule has 4 N–H and O–H groups in total. The van der Waals surface area contributed by atoms with Gasteiger partial charge in [-0.3, -0.25) is 4.98 Å². The van der Waals surface area contributed by atoms with Crippen molar-refractivity contribution >= 4 is 49.8 Å². The van der Waals surface area contributed by atoms with Crippen molar-refractivity contribution in [3.63, 3.8) is 0 Å². The molecule has 0 bridgehead atoms. The highest BCUT2D eigenvalue weighted by atomic mass is 16.5. The Bertz CT molecular complexity index is 4140. The largest absolute Gasteiger partial charge is 0.493 e. The van der Waals surface area contributed by atoms with Crippen molar-refractivity contribution in [2.24, 2.45) is 23.5 Å². The lowest BCUT2D eigenvalue weighted by Gasteiger charge is -2.40. The summed E-state index contributed by atoms with van der Waals surface area (Å²) in [6, 6.07) is 33.9. The van der Waals surface area contributed by atoms with E-state index in [-0.39, 0.29) is 5.54 Å². The number of benzene rings is 4. The topological polar surface area (TPSA) is 177 Å². The molecule has 19 nitrogen and oxygen atoms in total. The summed E-state index contributed by atoms with van der Waals surface area (Å²) in [5, 5.41) is 10.1. The summed E-state index contributed by atoms with van der Waals surface area (Å²) in [6.45, 7) is 27.4. The second-order valence-electron chi connectivity index (χ2n) is 32.6. The van der Waals surface area contributed by atoms with Gasteiger partial charge in [0.25, 0.3) is 0 Å². The van der Waals surface area contributed by atoms with Gasteiger partial charge < -0.3 is 78.6 Å². The van der Waals surface area contributed by atoms with Gasteiger partial charge in [-0.2, -0.15) is 0 Å². The molecule has 0 spiro atoms. The molecule has 7 aliphatic rings. The van der Waals surface area contributed by atoms with Crippen molar-refractivity contribution in [3.8, 4) is 57.2 Å². The molecular formula is C90H128N12O7. The molecule has 109 heavy (non-hydrogen) atoms. The lowest BCUT2D eigenvalue weighted by molar-refractivity contribution is 0.254. The SMILES string of the molecule is CNCC1CCN(c2cc(-c3ccccc3)nc3cc(OCCCN4CCCC4)c(OC)cc23)CC1.CNCC1CCN(c2cc(C3CCCCC3)nc3cc(OCCCN4CCCC4)c(OC)cc23)CC1.COc1cc2c(N3CCC(C(C)(C)N)CC3)cc(-c3ccc(C)o3)nc2cc1OCCCN1CCCC1. The van der Waals surface area contributed by atoms with Crippen molar-refractivity contribution in [1.82, 2.24) is 40.3 Å². The van der Waals surface area contributed by atoms with Crippen LogP contribution in [0.15, 0.2) is 101 Å². The summed E-state index contributed by atoms with van der Waals surface area (Å²) >= 11 is 0. The van der Waals surface area contributed by atoms with Gasteiger partial charge in [-0.15, -0.1) is 0 Å². The molecule has 19 heteroatoms. The van der Waals surface area contributed by atoms with Gasteiger partial charge in [-0.25, -0.2) is 9.97 Å². The first kappa shape index (κ1) is 79.4. The number of pyridine rings is 3. The number of nitrogens with zero attached hydrogens (tertiary/aromatic N) is 9. The van der Waals surface area contributed by atoms with Crippen LogP contribution >= 0.6 is 0 Å². The van der Waals surface area contributed by atoms with E-state index in [2.05, 4.69) is 140 Å². The van der Waals surface area contributed by atoms with E-state index in [9.17, 15) is 0 Å². The normalized spacial score (nSPS) is 18.3. The maximum atomic E-state index is 6.45. The lowest BCUT2D eigenvalue weighted by atomic mass is 9.81. The molecule has 6 saturated heterocycles. The van der Waals surface area contributed by atoms with E-state index in [0.717, 1.165) is 212 Å². The summed E-state index contributed by atoms with van der Waals surface area (Å²) in [5.74, 6) is 8.96. The van der Waals surface area contributed by atoms with E-state index < -0.39 is 0 Å². The zero-order valence-corrected chi connectivity index (χ0v) is 67.3. The molecule has 0 atom stereocenters. The third-order valence-corrected chi connectivity index (χ3v) is 24.3. The molecule has 8 aromatic rings. The zero-order chi connectivity index (χ0) is 75.5. The third-order valence-electron chi connectivity index (χ3n) is 24.3. The van der Waals surface area contributed by atoms with Gasteiger partial charge in [0.05, 0.1) is 63.4 Å². The first-order valence-corrected chi connectivity index (χ1v) is 41.9. The summed E-state index contributed by atoms with van der Waals surface area (Å²) in [5.41, 5.74) is 17.2. The van der Waals surface area contributed by atoms with E-state index in [4.69, 9.17) is 53.5 Å². The van der Waals surface area contributed by atoms with Gasteiger partial charge in [0.15, 0.2) is 40.3 Å². The maximum absolute atomic E-state index is 6.45. The number of likely N-dealkylation sites (tertiary alicyclic amines) is 3. The van der Waals surface area contributed by atoms with Crippen molar-refractivity contribution in [1.29, 1.82) is 0 Å². The number of nitrogens with one attached hydrogen (secondary N) is 2. The highest BCUT2D eigenvalue weighted by Crippen LogP contribution is 2.45. The van der Waals surface area contributed by atoms with Crippen LogP contribution in [0.25, 0.3) is 55.4 Å². The smallest absolute Gasteiger partial charge is 0.163 e. The minimum atomic E-state index is -0.159. The minimum Gasteiger partial charge on any atom is -0.493 e. The summed E-state index contributed by atoms with van der Waals surface area (Å²) in [4.78, 5) is 30.5. The molecule has 10 heterocycles. The van der Waals surface area contributed by atoms with Crippen LogP contribution in [0, 0.1) is 24.7 Å². The van der Waals surface area contributed by atoms with Crippen molar-refractivity contribution in [2.75, 3.05) is 181 Å². The van der Waals surface area contributed by atoms with Gasteiger partial charge in [-0.1, -0.05) is 49.6 Å². The van der Waals surface area contributed by atoms with Crippen molar-refractivity contribution in [3.05, 3.63) is 109 Å². The Morgan fingerprint density at radius 3 is 1.25 bits per heavy atom. The standard InChI is InChI=1S/C30H42N4O3.C30H46N4O2.C30H40N4O2/c1-21-8-9-27(37-21)25-19-26(34-15-10-22(11-16-34)30(2,3)31)23-18-28(35-4)29(20-24(23)32-25)36-17-7-14-33-12-5-6-13-33;2*1-31-22-23-11-16-34(17-12-23)28-20-26(24-9-4-3-5-10-24)32-27-21-30(29(35-2)19-25(27)28)36-18-8-15-33-13-6-7-14-33/h8-9,18-20,22H,5-7,10-17,31H2,1-4H3;19-21,23-24,31H,3-18,22H2,1-2H3;3-5,9-10,19-21,23,31H,6-8,11-18,22H2,1-2H3. The number of hydrogen-bond donors (Lipinski definition) is 3.